The van der Waals surface area contributed by atoms with Crippen molar-refractivity contribution in [3.05, 3.63) is 18.2 Å². The first-order chi connectivity index (χ1) is 17.1. The number of hydrogen-bond donors (Lipinski definition) is 0. The molecule has 0 bridgehead atoms. The first-order valence-corrected chi connectivity index (χ1v) is 10.8. The Kier molecular flexibility index (Phi) is 16.0. The Morgan fingerprint density at radius 1 is 0.556 bits per heavy atom. The summed E-state index contributed by atoms with van der Waals surface area (Å²) in [5, 5.41) is 0. The van der Waals surface area contributed by atoms with E-state index in [1.54, 1.807) is 6.92 Å². The molecule has 12 heteroatoms. The summed E-state index contributed by atoms with van der Waals surface area (Å²) in [6.45, 7) is 0.519. The number of hydrogen-bond acceptors (Lipinski definition) is 12. The van der Waals surface area contributed by atoms with Crippen molar-refractivity contribution in [1.82, 2.24) is 0 Å². The van der Waals surface area contributed by atoms with E-state index >= 15 is 0 Å². The second kappa shape index (κ2) is 18.1. The fraction of sp³-hybridized carbons (Fsp3) is 0.500. The topological polar surface area (TPSA) is 181 Å². The van der Waals surface area contributed by atoms with Gasteiger partial charge in [0.15, 0.2) is 17.3 Å². The summed E-state index contributed by atoms with van der Waals surface area (Å²) in [7, 11) is 0. The molecule has 0 aliphatic rings. The maximum Gasteiger partial charge on any atom is 0.306 e. The summed E-state index contributed by atoms with van der Waals surface area (Å²) < 4.78 is 15.5. The first-order valence-electron chi connectivity index (χ1n) is 10.8. The molecule has 12 nitrogen and oxygen atoms in total. The zero-order valence-corrected chi connectivity index (χ0v) is 19.7. The quantitative estimate of drug-likeness (QED) is 0.101. The minimum atomic E-state index is -1.20. The highest BCUT2D eigenvalue weighted by Gasteiger charge is 2.34. The molecule has 0 aliphatic carbocycles. The van der Waals surface area contributed by atoms with Gasteiger partial charge in [-0.05, 0) is 6.42 Å². The van der Waals surface area contributed by atoms with Gasteiger partial charge in [-0.15, -0.1) is 0 Å². The molecule has 0 rings (SSSR count). The van der Waals surface area contributed by atoms with Crippen LogP contribution in [0.5, 0.6) is 0 Å². The van der Waals surface area contributed by atoms with Crippen molar-refractivity contribution in [1.29, 1.82) is 0 Å². The van der Waals surface area contributed by atoms with Gasteiger partial charge in [-0.3, -0.25) is 28.8 Å². The molecule has 0 aliphatic heterocycles. The van der Waals surface area contributed by atoms with Gasteiger partial charge in [-0.25, -0.2) is 14.4 Å². The Morgan fingerprint density at radius 2 is 0.833 bits per heavy atom. The van der Waals surface area contributed by atoms with E-state index in [0.29, 0.717) is 18.2 Å². The molecule has 0 spiro atoms. The Morgan fingerprint density at radius 3 is 1.06 bits per heavy atom. The van der Waals surface area contributed by atoms with Crippen LogP contribution in [0.15, 0.2) is 18.2 Å². The van der Waals surface area contributed by atoms with Crippen molar-refractivity contribution < 1.29 is 57.4 Å². The largest absolute Gasteiger partial charge is 0.465 e. The van der Waals surface area contributed by atoms with Gasteiger partial charge in [0.25, 0.3) is 0 Å². The number of carbonyl (C=O) groups excluding carboxylic acids is 9. The summed E-state index contributed by atoms with van der Waals surface area (Å²) in [5.41, 5.74) is -1.20. The molecule has 0 N–H and O–H groups in total. The van der Waals surface area contributed by atoms with E-state index in [4.69, 9.17) is 14.2 Å². The van der Waals surface area contributed by atoms with Crippen LogP contribution >= 0.6 is 0 Å². The molecule has 0 fully saturated rings. The van der Waals surface area contributed by atoms with Crippen LogP contribution in [0.4, 0.5) is 0 Å². The third-order valence-corrected chi connectivity index (χ3v) is 4.75. The summed E-state index contributed by atoms with van der Waals surface area (Å²) in [5.74, 6) is -0.343. The van der Waals surface area contributed by atoms with Crippen LogP contribution in [-0.2, 0) is 57.4 Å². The number of ketones is 3. The lowest BCUT2D eigenvalue weighted by atomic mass is 9.88. The normalized spacial score (nSPS) is 11.2. The van der Waals surface area contributed by atoms with Gasteiger partial charge in [0.1, 0.15) is 37.6 Å². The number of esters is 3. The van der Waals surface area contributed by atoms with Gasteiger partial charge in [0.2, 0.25) is 0 Å². The van der Waals surface area contributed by atoms with Crippen molar-refractivity contribution in [3.8, 4) is 0 Å². The van der Waals surface area contributed by atoms with Crippen molar-refractivity contribution >= 4 is 53.1 Å². The zero-order valence-electron chi connectivity index (χ0n) is 19.7. The molecule has 0 unspecified atom stereocenters. The van der Waals surface area contributed by atoms with E-state index < -0.39 is 40.7 Å². The highest BCUT2D eigenvalue weighted by molar-refractivity contribution is 5.98. The van der Waals surface area contributed by atoms with Crippen LogP contribution in [0.25, 0.3) is 0 Å². The Balaban J connectivity index is 5.18. The maximum atomic E-state index is 12.0. The molecule has 0 aromatic heterocycles. The van der Waals surface area contributed by atoms with Crippen LogP contribution in [0.3, 0.4) is 0 Å². The van der Waals surface area contributed by atoms with E-state index in [-0.39, 0.29) is 64.8 Å². The number of carbonyl (C=O) groups is 6. The predicted molar refractivity (Wildman–Crippen MR) is 119 cm³/mol. The van der Waals surface area contributed by atoms with Gasteiger partial charge < -0.3 is 14.2 Å². The van der Waals surface area contributed by atoms with Gasteiger partial charge in [0.05, 0.1) is 42.9 Å². The SMILES string of the molecule is CCC(COC(=O)CCC(=O)C=C=O)(COC(=O)CCC(=O)C=C=O)COC(=O)CCC(=O)C=C=O. The monoisotopic (exact) mass is 506 g/mol. The summed E-state index contributed by atoms with van der Waals surface area (Å²) in [6, 6.07) is 0. The molecule has 0 atom stereocenters. The molecule has 0 saturated heterocycles. The van der Waals surface area contributed by atoms with Gasteiger partial charge in [-0.1, -0.05) is 6.92 Å². The molecule has 0 aromatic carbocycles. The van der Waals surface area contributed by atoms with E-state index in [9.17, 15) is 43.2 Å². The van der Waals surface area contributed by atoms with Crippen LogP contribution in [0.2, 0.25) is 0 Å². The fourth-order valence-corrected chi connectivity index (χ4v) is 2.44. The minimum Gasteiger partial charge on any atom is -0.465 e. The lowest BCUT2D eigenvalue weighted by Crippen LogP contribution is -2.39. The molecule has 0 heterocycles. The van der Waals surface area contributed by atoms with Gasteiger partial charge in [0, 0.05) is 19.3 Å². The van der Waals surface area contributed by atoms with Crippen molar-refractivity contribution in [3.63, 3.8) is 0 Å². The summed E-state index contributed by atoms with van der Waals surface area (Å²) >= 11 is 0. The minimum absolute atomic E-state index is 0.188. The molecule has 0 aromatic rings. The van der Waals surface area contributed by atoms with E-state index in [1.165, 1.54) is 17.8 Å². The van der Waals surface area contributed by atoms with Crippen LogP contribution in [-0.4, -0.2) is 72.9 Å². The molecular weight excluding hydrogens is 480 g/mol. The zero-order chi connectivity index (χ0) is 27.4. The molecule has 0 radical (unpaired) electrons. The molecular formula is C24H26O12. The molecule has 0 saturated carbocycles. The van der Waals surface area contributed by atoms with Crippen molar-refractivity contribution in [2.75, 3.05) is 19.8 Å². The Bertz CT molecular complexity index is 851. The van der Waals surface area contributed by atoms with E-state index in [2.05, 4.69) is 0 Å². The van der Waals surface area contributed by atoms with Gasteiger partial charge in [-0.2, -0.15) is 0 Å². The van der Waals surface area contributed by atoms with Crippen LogP contribution < -0.4 is 0 Å². The number of ether oxygens (including phenoxy) is 3. The average Bonchev–Trinajstić information content (AvgIpc) is 2.85. The average molecular weight is 506 g/mol. The smallest absolute Gasteiger partial charge is 0.306 e. The first kappa shape index (κ1) is 31.8. The number of rotatable bonds is 19. The summed E-state index contributed by atoms with van der Waals surface area (Å²) in [4.78, 5) is 101. The van der Waals surface area contributed by atoms with E-state index in [1.807, 2.05) is 0 Å². The second-order valence-electron chi connectivity index (χ2n) is 7.52. The van der Waals surface area contributed by atoms with E-state index in [0.717, 1.165) is 0 Å². The van der Waals surface area contributed by atoms with Crippen LogP contribution in [0.1, 0.15) is 51.9 Å². The highest BCUT2D eigenvalue weighted by Crippen LogP contribution is 2.25. The highest BCUT2D eigenvalue weighted by atomic mass is 16.6. The standard InChI is InChI=1S/C24H26O12/c1-2-24(15-34-21(31)6-3-18(28)9-12-25,16-35-22(32)7-4-19(29)10-13-26)17-36-23(33)8-5-20(30)11-14-27/h9-11H,2-8,15-17H2,1H3. The second-order valence-corrected chi connectivity index (χ2v) is 7.52. The molecule has 194 valence electrons. The number of allylic oxidation sites excluding steroid dienone is 3. The van der Waals surface area contributed by atoms with Crippen molar-refractivity contribution in [2.45, 2.75) is 51.9 Å². The predicted octanol–water partition coefficient (Wildman–Crippen LogP) is 0.224. The van der Waals surface area contributed by atoms with Crippen molar-refractivity contribution in [2.24, 2.45) is 5.41 Å². The lowest BCUT2D eigenvalue weighted by molar-refractivity contribution is -0.163. The third-order valence-electron chi connectivity index (χ3n) is 4.75. The lowest BCUT2D eigenvalue weighted by Gasteiger charge is -2.31. The maximum absolute atomic E-state index is 12.0. The Hall–Kier alpha value is -4.23. The summed E-state index contributed by atoms with van der Waals surface area (Å²) in [6.07, 6.45) is 0.249. The molecule has 0 amide bonds. The molecule has 36 heavy (non-hydrogen) atoms. The fourth-order valence-electron chi connectivity index (χ4n) is 2.44. The Labute approximate surface area is 206 Å². The third kappa shape index (κ3) is 14.8. The van der Waals surface area contributed by atoms with Gasteiger partial charge >= 0.3 is 17.9 Å². The van der Waals surface area contributed by atoms with Crippen LogP contribution in [0, 0.1) is 5.41 Å².